The molecule has 0 saturated heterocycles. The van der Waals surface area contributed by atoms with Crippen LogP contribution in [0, 0.1) is 0 Å². The number of nitrogens with zero attached hydrogens (tertiary/aromatic N) is 3. The third kappa shape index (κ3) is 6.36. The van der Waals surface area contributed by atoms with Gasteiger partial charge in [-0.3, -0.25) is 9.98 Å². The maximum absolute atomic E-state index is 4.73. The molecule has 7 heteroatoms. The average molecular weight is 564 g/mol. The number of halogens is 3. The van der Waals surface area contributed by atoms with E-state index in [2.05, 4.69) is 41.8 Å². The first-order chi connectivity index (χ1) is 12.5. The summed E-state index contributed by atoms with van der Waals surface area (Å²) in [7, 11) is 0. The first-order valence-electron chi connectivity index (χ1n) is 8.12. The van der Waals surface area contributed by atoms with Crippen LogP contribution in [0.1, 0.15) is 25.2 Å². The van der Waals surface area contributed by atoms with E-state index in [1.54, 1.807) is 0 Å². The predicted octanol–water partition coefficient (Wildman–Crippen LogP) is 7.31. The maximum atomic E-state index is 4.73. The monoisotopic (exact) mass is 561 g/mol. The van der Waals surface area contributed by atoms with Gasteiger partial charge in [-0.1, -0.05) is 30.3 Å². The number of rotatable bonds is 4. The minimum atomic E-state index is 0. The molecule has 0 aliphatic carbocycles. The Hall–Kier alpha value is -1.30. The van der Waals surface area contributed by atoms with Crippen molar-refractivity contribution in [3.05, 3.63) is 87.1 Å². The van der Waals surface area contributed by atoms with Crippen LogP contribution >= 0.6 is 44.3 Å². The van der Waals surface area contributed by atoms with Crippen molar-refractivity contribution >= 4 is 67.1 Å². The third-order valence-electron chi connectivity index (χ3n) is 3.77. The summed E-state index contributed by atoms with van der Waals surface area (Å²) < 4.78 is 1.92. The van der Waals surface area contributed by atoms with Gasteiger partial charge in [0, 0.05) is 26.0 Å². The van der Waals surface area contributed by atoms with Crippen molar-refractivity contribution in [3.8, 4) is 0 Å². The van der Waals surface area contributed by atoms with E-state index in [-0.39, 0.29) is 29.5 Å². The van der Waals surface area contributed by atoms with Gasteiger partial charge in [0.05, 0.1) is 34.2 Å². The van der Waals surface area contributed by atoms with Gasteiger partial charge in [-0.15, -0.1) is 12.4 Å². The van der Waals surface area contributed by atoms with Crippen LogP contribution < -0.4 is 0 Å². The fraction of sp³-hybridized carbons (Fsp3) is 0.0952. The van der Waals surface area contributed by atoms with E-state index in [1.807, 2.05) is 80.6 Å². The van der Waals surface area contributed by atoms with Crippen LogP contribution in [0.25, 0.3) is 0 Å². The van der Waals surface area contributed by atoms with Crippen LogP contribution in [0.4, 0.5) is 11.4 Å². The predicted molar refractivity (Wildman–Crippen MR) is 124 cm³/mol. The average Bonchev–Trinajstić information content (AvgIpc) is 2.65. The van der Waals surface area contributed by atoms with Crippen LogP contribution in [-0.2, 0) is 17.1 Å². The molecule has 0 unspecified atom stereocenters. The van der Waals surface area contributed by atoms with E-state index >= 15 is 0 Å². The topological polar surface area (TPSA) is 37.6 Å². The Morgan fingerprint density at radius 3 is 1.46 bits per heavy atom. The zero-order valence-electron chi connectivity index (χ0n) is 15.2. The number of para-hydroxylation sites is 2. The number of benzene rings is 2. The molecule has 0 aliphatic rings. The van der Waals surface area contributed by atoms with E-state index in [4.69, 9.17) is 4.98 Å². The van der Waals surface area contributed by atoms with Crippen molar-refractivity contribution in [3.63, 3.8) is 0 Å². The third-order valence-corrected chi connectivity index (χ3v) is 5.11. The molecule has 1 aromatic heterocycles. The summed E-state index contributed by atoms with van der Waals surface area (Å²) in [4.78, 5) is 14.1. The molecule has 3 nitrogen and oxygen atoms in total. The molecule has 0 radical (unpaired) electrons. The summed E-state index contributed by atoms with van der Waals surface area (Å²) in [6.07, 6.45) is 0. The van der Waals surface area contributed by atoms with Crippen molar-refractivity contribution in [2.45, 2.75) is 13.8 Å². The van der Waals surface area contributed by atoms with Gasteiger partial charge < -0.3 is 0 Å². The Balaban J connectivity index is 0.00000196. The Bertz CT molecular complexity index is 929. The molecule has 3 rings (SSSR count). The van der Waals surface area contributed by atoms with E-state index in [9.17, 15) is 0 Å². The van der Waals surface area contributed by atoms with Gasteiger partial charge in [-0.05, 0) is 82.1 Å². The number of hydrogen-bond acceptors (Lipinski definition) is 3. The van der Waals surface area contributed by atoms with Gasteiger partial charge in [-0.2, -0.15) is 0 Å². The standard InChI is InChI=1S/C21H17Br2N3.ClH.Fe/c1-14(24-20-10-5-3-8-16(20)22)18-12-7-13-19(26-18)15(2)25-21-11-6-4-9-17(21)23;;/h3-13H,1-2H3;1H;. The van der Waals surface area contributed by atoms with Crippen LogP contribution in [0.3, 0.4) is 0 Å². The summed E-state index contributed by atoms with van der Waals surface area (Å²) >= 11 is 7.06. The van der Waals surface area contributed by atoms with E-state index in [1.165, 1.54) is 0 Å². The van der Waals surface area contributed by atoms with Gasteiger partial charge in [0.25, 0.3) is 0 Å². The first-order valence-corrected chi connectivity index (χ1v) is 9.70. The number of aromatic nitrogens is 1. The minimum absolute atomic E-state index is 0. The van der Waals surface area contributed by atoms with Gasteiger partial charge in [0.2, 0.25) is 0 Å². The second kappa shape index (κ2) is 11.6. The molecule has 2 aromatic carbocycles. The van der Waals surface area contributed by atoms with Crippen molar-refractivity contribution < 1.29 is 17.1 Å². The molecule has 0 spiro atoms. The summed E-state index contributed by atoms with van der Waals surface area (Å²) in [6.45, 7) is 3.93. The molecule has 146 valence electrons. The Morgan fingerprint density at radius 2 is 1.07 bits per heavy atom. The van der Waals surface area contributed by atoms with Crippen molar-refractivity contribution in [1.29, 1.82) is 0 Å². The van der Waals surface area contributed by atoms with Crippen LogP contribution in [-0.4, -0.2) is 16.4 Å². The summed E-state index contributed by atoms with van der Waals surface area (Å²) in [5, 5.41) is 0. The largest absolute Gasteiger partial charge is 0.250 e. The van der Waals surface area contributed by atoms with E-state index < -0.39 is 0 Å². The Labute approximate surface area is 198 Å². The molecule has 28 heavy (non-hydrogen) atoms. The molecule has 0 N–H and O–H groups in total. The smallest absolute Gasteiger partial charge is 0.0849 e. The second-order valence-electron chi connectivity index (χ2n) is 5.71. The molecule has 0 bridgehead atoms. The van der Waals surface area contributed by atoms with Crippen LogP contribution in [0.2, 0.25) is 0 Å². The van der Waals surface area contributed by atoms with Gasteiger partial charge in [0.1, 0.15) is 0 Å². The zero-order chi connectivity index (χ0) is 18.5. The van der Waals surface area contributed by atoms with E-state index in [0.29, 0.717) is 0 Å². The van der Waals surface area contributed by atoms with Crippen LogP contribution in [0.15, 0.2) is 85.7 Å². The summed E-state index contributed by atoms with van der Waals surface area (Å²) in [5.74, 6) is 0. The van der Waals surface area contributed by atoms with Gasteiger partial charge >= 0.3 is 0 Å². The second-order valence-corrected chi connectivity index (χ2v) is 7.41. The molecule has 0 amide bonds. The Kier molecular flexibility index (Phi) is 10.3. The maximum Gasteiger partial charge on any atom is 0.0849 e. The van der Waals surface area contributed by atoms with Crippen molar-refractivity contribution in [1.82, 2.24) is 4.98 Å². The van der Waals surface area contributed by atoms with Gasteiger partial charge in [0.15, 0.2) is 0 Å². The zero-order valence-corrected chi connectivity index (χ0v) is 20.3. The summed E-state index contributed by atoms with van der Waals surface area (Å²) in [6, 6.07) is 21.7. The normalized spacial score (nSPS) is 11.4. The fourth-order valence-electron chi connectivity index (χ4n) is 2.40. The molecule has 1 heterocycles. The van der Waals surface area contributed by atoms with Crippen LogP contribution in [0.5, 0.6) is 0 Å². The molecule has 0 saturated carbocycles. The molecular weight excluding hydrogens is 545 g/mol. The number of aliphatic imine (C=N–C) groups is 2. The van der Waals surface area contributed by atoms with Gasteiger partial charge in [-0.25, -0.2) is 4.98 Å². The molecule has 3 aromatic rings. The molecular formula is C21H18Br2ClFeN3. The molecule has 0 aliphatic heterocycles. The molecule has 0 atom stereocenters. The molecule has 0 fully saturated rings. The SMILES string of the molecule is CC(=Nc1ccccc1Br)c1cccc(C(C)=Nc2ccccc2Br)n1.Cl.[Fe]. The Morgan fingerprint density at radius 1 is 0.679 bits per heavy atom. The summed E-state index contributed by atoms with van der Waals surface area (Å²) in [5.41, 5.74) is 5.14. The quantitative estimate of drug-likeness (QED) is 0.242. The van der Waals surface area contributed by atoms with Crippen molar-refractivity contribution in [2.75, 3.05) is 0 Å². The van der Waals surface area contributed by atoms with E-state index in [0.717, 1.165) is 43.1 Å². The fourth-order valence-corrected chi connectivity index (χ4v) is 3.15. The number of hydrogen-bond donors (Lipinski definition) is 0. The van der Waals surface area contributed by atoms with Crippen molar-refractivity contribution in [2.24, 2.45) is 9.98 Å². The minimum Gasteiger partial charge on any atom is -0.250 e. The first kappa shape index (κ1) is 24.7. The number of pyridine rings is 1.